The van der Waals surface area contributed by atoms with Crippen LogP contribution >= 0.6 is 34.4 Å². The van der Waals surface area contributed by atoms with Crippen LogP contribution in [0.25, 0.3) is 6.08 Å². The fraction of sp³-hybridized carbons (Fsp3) is 0.111. The van der Waals surface area contributed by atoms with Crippen molar-refractivity contribution in [1.82, 2.24) is 4.90 Å². The van der Waals surface area contributed by atoms with Gasteiger partial charge in [-0.3, -0.25) is 19.3 Å². The van der Waals surface area contributed by atoms with Crippen molar-refractivity contribution in [3.63, 3.8) is 0 Å². The van der Waals surface area contributed by atoms with Crippen LogP contribution < -0.4 is 14.8 Å². The number of rotatable bonds is 7. The maximum absolute atomic E-state index is 12.9. The fourth-order valence-corrected chi connectivity index (χ4v) is 4.99. The van der Waals surface area contributed by atoms with E-state index in [2.05, 4.69) is 5.32 Å². The van der Waals surface area contributed by atoms with Gasteiger partial charge in [0.05, 0.1) is 21.1 Å². The summed E-state index contributed by atoms with van der Waals surface area (Å²) < 4.78 is 11.6. The van der Waals surface area contributed by atoms with Crippen LogP contribution in [0.4, 0.5) is 10.5 Å². The number of halogens is 1. The number of hydrogen-bond acceptors (Lipinski definition) is 7. The molecule has 0 unspecified atom stereocenters. The highest BCUT2D eigenvalue weighted by Crippen LogP contribution is 2.37. The molecule has 0 spiro atoms. The van der Waals surface area contributed by atoms with Crippen molar-refractivity contribution in [2.75, 3.05) is 19.0 Å². The first-order chi connectivity index (χ1) is 17.7. The van der Waals surface area contributed by atoms with Crippen molar-refractivity contribution in [2.45, 2.75) is 6.92 Å². The predicted octanol–water partition coefficient (Wildman–Crippen LogP) is 5.50. The molecular weight excluding hydrogens is 607 g/mol. The van der Waals surface area contributed by atoms with Crippen LogP contribution in [0.5, 0.6) is 11.5 Å². The smallest absolute Gasteiger partial charge is 0.343 e. The minimum atomic E-state index is -0.568. The Balaban J connectivity index is 1.50. The molecule has 3 aromatic rings. The number of hydrogen-bond donors (Lipinski definition) is 1. The molecule has 8 nitrogen and oxygen atoms in total. The molecule has 0 atom stereocenters. The first-order valence-corrected chi connectivity index (χ1v) is 12.9. The molecule has 4 rings (SSSR count). The van der Waals surface area contributed by atoms with Crippen LogP contribution in [0, 0.1) is 10.5 Å². The Bertz CT molecular complexity index is 1410. The zero-order chi connectivity index (χ0) is 26.5. The van der Waals surface area contributed by atoms with E-state index in [0.29, 0.717) is 26.1 Å². The molecule has 37 heavy (non-hydrogen) atoms. The molecule has 0 aliphatic carbocycles. The van der Waals surface area contributed by atoms with Crippen molar-refractivity contribution in [1.29, 1.82) is 0 Å². The van der Waals surface area contributed by atoms with Gasteiger partial charge in [-0.25, -0.2) is 4.79 Å². The number of para-hydroxylation sites is 1. The van der Waals surface area contributed by atoms with Gasteiger partial charge in [0, 0.05) is 5.69 Å². The standard InChI is InChI=1S/C27H21IN2O6S/c1-16-8-10-18(11-9-16)26(33)36-24-20(28)12-17(13-21(24)35-2)14-22-25(32)30(27(34)37-22)15-23(31)29-19-6-4-3-5-7-19/h3-14H,15H2,1-2H3,(H,29,31)/b22-14-. The Hall–Kier alpha value is -3.64. The lowest BCUT2D eigenvalue weighted by Gasteiger charge is -2.13. The monoisotopic (exact) mass is 628 g/mol. The van der Waals surface area contributed by atoms with Crippen LogP contribution in [0.1, 0.15) is 21.5 Å². The number of benzene rings is 3. The van der Waals surface area contributed by atoms with Crippen LogP contribution in [0.3, 0.4) is 0 Å². The second-order valence-electron chi connectivity index (χ2n) is 7.97. The summed E-state index contributed by atoms with van der Waals surface area (Å²) in [5, 5.41) is 2.12. The van der Waals surface area contributed by atoms with Crippen LogP contribution in [0.15, 0.2) is 71.6 Å². The van der Waals surface area contributed by atoms with E-state index in [9.17, 15) is 19.2 Å². The van der Waals surface area contributed by atoms with E-state index in [0.717, 1.165) is 22.2 Å². The van der Waals surface area contributed by atoms with E-state index in [-0.39, 0.29) is 10.7 Å². The number of imide groups is 1. The fourth-order valence-electron chi connectivity index (χ4n) is 3.42. The van der Waals surface area contributed by atoms with Gasteiger partial charge in [-0.2, -0.15) is 0 Å². The highest BCUT2D eigenvalue weighted by atomic mass is 127. The van der Waals surface area contributed by atoms with Gasteiger partial charge in [0.15, 0.2) is 11.5 Å². The molecule has 3 amide bonds. The minimum absolute atomic E-state index is 0.166. The molecule has 1 N–H and O–H groups in total. The number of nitrogens with zero attached hydrogens (tertiary/aromatic N) is 1. The van der Waals surface area contributed by atoms with E-state index in [1.807, 2.05) is 47.7 Å². The third kappa shape index (κ3) is 6.38. The largest absolute Gasteiger partial charge is 0.493 e. The zero-order valence-corrected chi connectivity index (χ0v) is 22.8. The number of methoxy groups -OCH3 is 1. The first-order valence-electron chi connectivity index (χ1n) is 11.0. The molecule has 0 radical (unpaired) electrons. The van der Waals surface area contributed by atoms with E-state index < -0.39 is 29.6 Å². The molecule has 0 saturated carbocycles. The minimum Gasteiger partial charge on any atom is -0.493 e. The Morgan fingerprint density at radius 2 is 1.76 bits per heavy atom. The van der Waals surface area contributed by atoms with E-state index in [1.54, 1.807) is 48.5 Å². The third-order valence-corrected chi connectivity index (χ3v) is 6.97. The average molecular weight is 628 g/mol. The number of carbonyl (C=O) groups is 4. The van der Waals surface area contributed by atoms with Crippen molar-refractivity contribution < 1.29 is 28.7 Å². The van der Waals surface area contributed by atoms with Gasteiger partial charge in [-0.15, -0.1) is 0 Å². The molecule has 0 bridgehead atoms. The lowest BCUT2D eigenvalue weighted by Crippen LogP contribution is -2.36. The van der Waals surface area contributed by atoms with Crippen LogP contribution in [0.2, 0.25) is 0 Å². The Morgan fingerprint density at radius 1 is 1.05 bits per heavy atom. The SMILES string of the molecule is COc1cc(/C=C2\SC(=O)N(CC(=O)Nc3ccccc3)C2=O)cc(I)c1OC(=O)c1ccc(C)cc1. The van der Waals surface area contributed by atoms with Gasteiger partial charge in [-0.05, 0) is 89.3 Å². The van der Waals surface area contributed by atoms with E-state index in [1.165, 1.54) is 13.2 Å². The number of amides is 3. The van der Waals surface area contributed by atoms with Crippen molar-refractivity contribution >= 4 is 69.1 Å². The molecule has 1 aliphatic heterocycles. The summed E-state index contributed by atoms with van der Waals surface area (Å²) in [6, 6.07) is 19.1. The average Bonchev–Trinajstić information content (AvgIpc) is 3.13. The van der Waals surface area contributed by atoms with Gasteiger partial charge < -0.3 is 14.8 Å². The van der Waals surface area contributed by atoms with Gasteiger partial charge >= 0.3 is 5.97 Å². The predicted molar refractivity (Wildman–Crippen MR) is 150 cm³/mol. The molecule has 10 heteroatoms. The zero-order valence-electron chi connectivity index (χ0n) is 19.8. The van der Waals surface area contributed by atoms with Gasteiger partial charge in [0.2, 0.25) is 5.91 Å². The summed E-state index contributed by atoms with van der Waals surface area (Å²) in [6.07, 6.45) is 1.54. The number of esters is 1. The van der Waals surface area contributed by atoms with Crippen molar-refractivity contribution in [3.05, 3.63) is 91.9 Å². The summed E-state index contributed by atoms with van der Waals surface area (Å²) in [5.41, 5.74) is 2.56. The summed E-state index contributed by atoms with van der Waals surface area (Å²) in [6.45, 7) is 1.53. The second-order valence-corrected chi connectivity index (χ2v) is 10.1. The van der Waals surface area contributed by atoms with Crippen molar-refractivity contribution in [3.8, 4) is 11.5 Å². The molecule has 0 aromatic heterocycles. The van der Waals surface area contributed by atoms with Gasteiger partial charge in [0.25, 0.3) is 11.1 Å². The highest BCUT2D eigenvalue weighted by molar-refractivity contribution is 14.1. The number of aryl methyl sites for hydroxylation is 1. The number of nitrogens with one attached hydrogen (secondary N) is 1. The topological polar surface area (TPSA) is 102 Å². The van der Waals surface area contributed by atoms with Crippen LogP contribution in [-0.2, 0) is 9.59 Å². The quantitative estimate of drug-likeness (QED) is 0.160. The van der Waals surface area contributed by atoms with Gasteiger partial charge in [0.1, 0.15) is 6.54 Å². The summed E-state index contributed by atoms with van der Waals surface area (Å²) >= 11 is 2.76. The summed E-state index contributed by atoms with van der Waals surface area (Å²) in [7, 11) is 1.44. The number of ether oxygens (including phenoxy) is 2. The molecule has 188 valence electrons. The third-order valence-electron chi connectivity index (χ3n) is 5.26. The number of thioether (sulfide) groups is 1. The van der Waals surface area contributed by atoms with Crippen molar-refractivity contribution in [2.24, 2.45) is 0 Å². The molecule has 1 saturated heterocycles. The summed E-state index contributed by atoms with van der Waals surface area (Å²) in [4.78, 5) is 51.4. The molecule has 3 aromatic carbocycles. The molecule has 1 heterocycles. The van der Waals surface area contributed by atoms with Gasteiger partial charge in [-0.1, -0.05) is 35.9 Å². The Labute approximate surface area is 231 Å². The highest BCUT2D eigenvalue weighted by Gasteiger charge is 2.36. The molecule has 1 aliphatic rings. The Kier molecular flexibility index (Phi) is 8.29. The Morgan fingerprint density at radius 3 is 2.43 bits per heavy atom. The number of carbonyl (C=O) groups excluding carboxylic acids is 4. The normalized spacial score (nSPS) is 14.1. The molecular formula is C27H21IN2O6S. The lowest BCUT2D eigenvalue weighted by atomic mass is 10.1. The van der Waals surface area contributed by atoms with Crippen LogP contribution in [-0.4, -0.2) is 41.6 Å². The first kappa shape index (κ1) is 26.4. The van der Waals surface area contributed by atoms with E-state index >= 15 is 0 Å². The second kappa shape index (κ2) is 11.6. The maximum atomic E-state index is 12.9. The molecule has 1 fully saturated rings. The lowest BCUT2D eigenvalue weighted by molar-refractivity contribution is -0.127. The summed E-state index contributed by atoms with van der Waals surface area (Å²) in [5.74, 6) is -1.04. The maximum Gasteiger partial charge on any atom is 0.343 e. The van der Waals surface area contributed by atoms with E-state index in [4.69, 9.17) is 9.47 Å². The number of anilines is 1.